The Morgan fingerprint density at radius 1 is 1.22 bits per heavy atom. The topological polar surface area (TPSA) is 35.1 Å². The van der Waals surface area contributed by atoms with Gasteiger partial charge in [0.1, 0.15) is 0 Å². The summed E-state index contributed by atoms with van der Waals surface area (Å²) < 4.78 is 4.03. The first-order valence-electron chi connectivity index (χ1n) is 5.42. The molecule has 0 fully saturated rings. The van der Waals surface area contributed by atoms with Crippen molar-refractivity contribution < 1.29 is 20.1 Å². The summed E-state index contributed by atoms with van der Waals surface area (Å²) in [4.78, 5) is 8.71. The quantitative estimate of drug-likeness (QED) is 0.414. The van der Waals surface area contributed by atoms with E-state index in [1.165, 1.54) is 0 Å². The molecule has 3 aromatic heterocycles. The Kier molecular flexibility index (Phi) is 2.47. The van der Waals surface area contributed by atoms with E-state index in [1.54, 1.807) is 6.20 Å². The molecular formula is C13H9IrN4-. The number of aromatic nitrogens is 4. The van der Waals surface area contributed by atoms with Gasteiger partial charge in [0.15, 0.2) is 0 Å². The van der Waals surface area contributed by atoms with Crippen molar-refractivity contribution in [3.63, 3.8) is 0 Å². The molecule has 0 aliphatic carbocycles. The second kappa shape index (κ2) is 3.90. The van der Waals surface area contributed by atoms with Gasteiger partial charge in [-0.15, -0.1) is 12.1 Å². The molecule has 0 amide bonds. The molecular weight excluding hydrogens is 404 g/mol. The molecule has 0 saturated heterocycles. The summed E-state index contributed by atoms with van der Waals surface area (Å²) in [5.74, 6) is 0. The van der Waals surface area contributed by atoms with Crippen LogP contribution in [0.3, 0.4) is 0 Å². The molecule has 0 aliphatic heterocycles. The van der Waals surface area contributed by atoms with E-state index in [0.717, 1.165) is 27.5 Å². The molecule has 4 aromatic rings. The second-order valence-corrected chi connectivity index (χ2v) is 4.14. The molecule has 5 heteroatoms. The molecule has 4 rings (SSSR count). The first-order chi connectivity index (χ1) is 8.34. The molecule has 0 aliphatic rings. The fourth-order valence-electron chi connectivity index (χ4n) is 2.35. The minimum Gasteiger partial charge on any atom is -0.351 e. The van der Waals surface area contributed by atoms with Crippen LogP contribution in [0.2, 0.25) is 0 Å². The summed E-state index contributed by atoms with van der Waals surface area (Å²) in [5, 5.41) is 2.18. The van der Waals surface area contributed by atoms with Crippen molar-refractivity contribution >= 4 is 27.5 Å². The molecule has 3 heterocycles. The van der Waals surface area contributed by atoms with Crippen LogP contribution in [0.1, 0.15) is 0 Å². The van der Waals surface area contributed by atoms with Gasteiger partial charge in [-0.1, -0.05) is 16.8 Å². The zero-order valence-electron chi connectivity index (χ0n) is 9.59. The summed E-state index contributed by atoms with van der Waals surface area (Å²) >= 11 is 0. The maximum absolute atomic E-state index is 4.37. The fourth-order valence-corrected chi connectivity index (χ4v) is 2.35. The van der Waals surface area contributed by atoms with E-state index in [1.807, 2.05) is 40.8 Å². The maximum atomic E-state index is 4.37. The Hall–Kier alpha value is -1.71. The zero-order chi connectivity index (χ0) is 11.4. The van der Waals surface area contributed by atoms with Crippen molar-refractivity contribution in [3.8, 4) is 0 Å². The van der Waals surface area contributed by atoms with Gasteiger partial charge in [-0.05, 0) is 11.7 Å². The Bertz CT molecular complexity index is 859. The Balaban J connectivity index is 0.000001000. The van der Waals surface area contributed by atoms with Gasteiger partial charge in [-0.2, -0.15) is 0 Å². The van der Waals surface area contributed by atoms with E-state index in [0.29, 0.717) is 0 Å². The molecule has 0 atom stereocenters. The van der Waals surface area contributed by atoms with Crippen molar-refractivity contribution in [2.45, 2.75) is 0 Å². The summed E-state index contributed by atoms with van der Waals surface area (Å²) in [6.07, 6.45) is 7.59. The van der Waals surface area contributed by atoms with Crippen LogP contribution in [0.4, 0.5) is 0 Å². The van der Waals surface area contributed by atoms with Crippen molar-refractivity contribution in [1.82, 2.24) is 18.9 Å². The minimum absolute atomic E-state index is 0. The number of pyridine rings is 1. The number of imidazole rings is 2. The fraction of sp³-hybridized carbons (Fsp3) is 0.0769. The van der Waals surface area contributed by atoms with Gasteiger partial charge < -0.3 is 8.97 Å². The third-order valence-electron chi connectivity index (χ3n) is 3.14. The van der Waals surface area contributed by atoms with Crippen LogP contribution in [-0.2, 0) is 27.2 Å². The van der Waals surface area contributed by atoms with E-state index in [4.69, 9.17) is 0 Å². The van der Waals surface area contributed by atoms with Crippen LogP contribution >= 0.6 is 0 Å². The molecule has 1 radical (unpaired) electrons. The van der Waals surface area contributed by atoms with Crippen LogP contribution in [0.15, 0.2) is 37.1 Å². The van der Waals surface area contributed by atoms with E-state index >= 15 is 0 Å². The summed E-state index contributed by atoms with van der Waals surface area (Å²) in [7, 11) is 2.00. The minimum atomic E-state index is 0. The summed E-state index contributed by atoms with van der Waals surface area (Å²) in [6.45, 7) is 0. The number of rotatable bonds is 0. The second-order valence-electron chi connectivity index (χ2n) is 4.14. The molecule has 4 nitrogen and oxygen atoms in total. The van der Waals surface area contributed by atoms with E-state index in [9.17, 15) is 0 Å². The summed E-state index contributed by atoms with van der Waals surface area (Å²) in [6, 6.07) is 7.29. The molecule has 0 spiro atoms. The number of hydrogen-bond donors (Lipinski definition) is 0. The van der Waals surface area contributed by atoms with Crippen LogP contribution in [-0.4, -0.2) is 18.9 Å². The summed E-state index contributed by atoms with van der Waals surface area (Å²) in [5.41, 5.74) is 3.03. The van der Waals surface area contributed by atoms with Gasteiger partial charge in [0.25, 0.3) is 0 Å². The number of benzene rings is 1. The molecule has 1 aromatic carbocycles. The number of fused-ring (bicyclic) bond motifs is 5. The first-order valence-corrected chi connectivity index (χ1v) is 5.42. The molecule has 0 unspecified atom stereocenters. The number of aryl methyl sites for hydroxylation is 1. The largest absolute Gasteiger partial charge is 0.351 e. The van der Waals surface area contributed by atoms with Crippen molar-refractivity contribution in [3.05, 3.63) is 43.1 Å². The van der Waals surface area contributed by atoms with Crippen molar-refractivity contribution in [2.75, 3.05) is 0 Å². The van der Waals surface area contributed by atoms with Crippen LogP contribution in [0, 0.1) is 6.07 Å². The molecule has 0 bridgehead atoms. The van der Waals surface area contributed by atoms with E-state index < -0.39 is 0 Å². The van der Waals surface area contributed by atoms with Crippen molar-refractivity contribution in [2.24, 2.45) is 7.05 Å². The molecule has 0 saturated carbocycles. The third kappa shape index (κ3) is 1.35. The van der Waals surface area contributed by atoms with Crippen LogP contribution in [0.5, 0.6) is 0 Å². The standard InChI is InChI=1S/C13H9N4.Ir/c1-16-8-15-11-3-2-10-9(12(11)16)4-6-17-7-5-14-13(10)17;/h3-8H,1H3;/q-1;. The smallest absolute Gasteiger partial charge is 0.0833 e. The number of nitrogens with zero attached hydrogens (tertiary/aromatic N) is 4. The van der Waals surface area contributed by atoms with Crippen molar-refractivity contribution in [1.29, 1.82) is 0 Å². The van der Waals surface area contributed by atoms with Gasteiger partial charge >= 0.3 is 0 Å². The van der Waals surface area contributed by atoms with Crippen LogP contribution < -0.4 is 0 Å². The number of hydrogen-bond acceptors (Lipinski definition) is 2. The zero-order valence-corrected chi connectivity index (χ0v) is 12.0. The van der Waals surface area contributed by atoms with Crippen LogP contribution in [0.25, 0.3) is 27.5 Å². The average molecular weight is 413 g/mol. The predicted octanol–water partition coefficient (Wildman–Crippen LogP) is 2.17. The molecule has 91 valence electrons. The Morgan fingerprint density at radius 2 is 2.11 bits per heavy atom. The predicted molar refractivity (Wildman–Crippen MR) is 65.8 cm³/mol. The third-order valence-corrected chi connectivity index (χ3v) is 3.14. The molecule has 0 N–H and O–H groups in total. The van der Waals surface area contributed by atoms with E-state index in [2.05, 4.69) is 22.1 Å². The average Bonchev–Trinajstić information content (AvgIpc) is 2.95. The van der Waals surface area contributed by atoms with Gasteiger partial charge in [0, 0.05) is 45.1 Å². The Morgan fingerprint density at radius 3 is 3.00 bits per heavy atom. The Labute approximate surface area is 117 Å². The normalized spacial score (nSPS) is 11.2. The van der Waals surface area contributed by atoms with Gasteiger partial charge in [0.2, 0.25) is 0 Å². The maximum Gasteiger partial charge on any atom is 0.0833 e. The first kappa shape index (κ1) is 11.4. The van der Waals surface area contributed by atoms with E-state index in [-0.39, 0.29) is 20.1 Å². The monoisotopic (exact) mass is 414 g/mol. The van der Waals surface area contributed by atoms with Gasteiger partial charge in [-0.3, -0.25) is 9.97 Å². The molecule has 18 heavy (non-hydrogen) atoms. The van der Waals surface area contributed by atoms with Gasteiger partial charge in [-0.25, -0.2) is 0 Å². The SMILES string of the molecule is Cn1cnc2c[c-]c3c(ccn4ccnc34)c21.[Ir]. The van der Waals surface area contributed by atoms with Gasteiger partial charge in [0.05, 0.1) is 12.0 Å².